The first kappa shape index (κ1) is 22.6. The summed E-state index contributed by atoms with van der Waals surface area (Å²) >= 11 is 0. The van der Waals surface area contributed by atoms with Gasteiger partial charge in [0.25, 0.3) is 0 Å². The number of nitrogens with one attached hydrogen (secondary N) is 1. The van der Waals surface area contributed by atoms with Crippen molar-refractivity contribution < 1.29 is 17.9 Å². The van der Waals surface area contributed by atoms with Crippen molar-refractivity contribution in [1.29, 1.82) is 0 Å². The number of piperidine rings is 1. The van der Waals surface area contributed by atoms with Crippen LogP contribution in [0.15, 0.2) is 23.1 Å². The lowest BCUT2D eigenvalue weighted by molar-refractivity contribution is -0.126. The summed E-state index contributed by atoms with van der Waals surface area (Å²) in [5.74, 6) is -0.428. The van der Waals surface area contributed by atoms with Crippen LogP contribution in [-0.4, -0.2) is 92.5 Å². The predicted molar refractivity (Wildman–Crippen MR) is 112 cm³/mol. The highest BCUT2D eigenvalue weighted by Gasteiger charge is 2.33. The molecule has 10 nitrogen and oxygen atoms in total. The summed E-state index contributed by atoms with van der Waals surface area (Å²) < 4.78 is 34.5. The summed E-state index contributed by atoms with van der Waals surface area (Å²) in [5, 5.41) is 11.1. The second-order valence-corrected chi connectivity index (χ2v) is 9.69. The van der Waals surface area contributed by atoms with Crippen LogP contribution in [0.25, 0.3) is 11.0 Å². The molecule has 1 aromatic heterocycles. The summed E-state index contributed by atoms with van der Waals surface area (Å²) in [6, 6.07) is 4.83. The van der Waals surface area contributed by atoms with E-state index in [-0.39, 0.29) is 23.3 Å². The minimum absolute atomic E-state index is 0.0895. The fraction of sp³-hybridized carbons (Fsp3) is 0.632. The van der Waals surface area contributed by atoms with Gasteiger partial charge in [0.15, 0.2) is 0 Å². The van der Waals surface area contributed by atoms with Crippen molar-refractivity contribution in [2.45, 2.75) is 24.3 Å². The number of sulfonamides is 1. The Hall–Kier alpha value is -2.08. The largest absolute Gasteiger partial charge is 0.383 e. The molecule has 1 amide bonds. The highest BCUT2D eigenvalue weighted by atomic mass is 32.2. The molecule has 3 rings (SSSR count). The van der Waals surface area contributed by atoms with Crippen LogP contribution in [0, 0.1) is 5.92 Å². The number of carbonyl (C=O) groups is 1. The molecule has 0 aliphatic carbocycles. The molecule has 1 N–H and O–H groups in total. The standard InChI is InChI=1S/C19H30N6O4S/c1-23(2)10-8-20-19(26)15-5-4-9-24(14-15)30(27,28)16-6-7-18-17(13-16)21-22-25(18)11-12-29-3/h6-7,13,15H,4-5,8-12,14H2,1-3H3,(H,20,26)/t15-/m1/s1. The number of nitrogens with zero attached hydrogens (tertiary/aromatic N) is 5. The average molecular weight is 439 g/mol. The van der Waals surface area contributed by atoms with Crippen LogP contribution in [-0.2, 0) is 26.1 Å². The number of carbonyl (C=O) groups excluding carboxylic acids is 1. The molecule has 11 heteroatoms. The Kier molecular flexibility index (Phi) is 7.40. The van der Waals surface area contributed by atoms with Crippen molar-refractivity contribution in [3.8, 4) is 0 Å². The molecule has 30 heavy (non-hydrogen) atoms. The molecule has 0 radical (unpaired) electrons. The Bertz CT molecular complexity index is 975. The maximum atomic E-state index is 13.2. The lowest BCUT2D eigenvalue weighted by Gasteiger charge is -2.31. The number of methoxy groups -OCH3 is 1. The van der Waals surface area contributed by atoms with E-state index >= 15 is 0 Å². The molecule has 1 atom stereocenters. The van der Waals surface area contributed by atoms with Crippen LogP contribution >= 0.6 is 0 Å². The number of amides is 1. The summed E-state index contributed by atoms with van der Waals surface area (Å²) in [5.41, 5.74) is 1.27. The van der Waals surface area contributed by atoms with Crippen molar-refractivity contribution in [1.82, 2.24) is 29.5 Å². The molecular formula is C19H30N6O4S. The fourth-order valence-corrected chi connectivity index (χ4v) is 5.07. The minimum atomic E-state index is -3.72. The third kappa shape index (κ3) is 5.15. The van der Waals surface area contributed by atoms with Crippen molar-refractivity contribution in [3.63, 3.8) is 0 Å². The van der Waals surface area contributed by atoms with E-state index in [4.69, 9.17) is 4.74 Å². The van der Waals surface area contributed by atoms with Crippen molar-refractivity contribution >= 4 is 27.0 Å². The molecule has 166 valence electrons. The molecule has 1 aliphatic rings. The van der Waals surface area contributed by atoms with E-state index in [9.17, 15) is 13.2 Å². The zero-order valence-corrected chi connectivity index (χ0v) is 18.6. The van der Waals surface area contributed by atoms with Gasteiger partial charge in [-0.25, -0.2) is 13.1 Å². The van der Waals surface area contributed by atoms with Crippen LogP contribution in [0.3, 0.4) is 0 Å². The number of fused-ring (bicyclic) bond motifs is 1. The fourth-order valence-electron chi connectivity index (χ4n) is 3.53. The molecule has 1 fully saturated rings. The average Bonchev–Trinajstić information content (AvgIpc) is 3.14. The number of hydrogen-bond donors (Lipinski definition) is 1. The molecule has 0 spiro atoms. The molecule has 1 saturated heterocycles. The van der Waals surface area contributed by atoms with Gasteiger partial charge in [-0.1, -0.05) is 5.21 Å². The van der Waals surface area contributed by atoms with E-state index in [0.29, 0.717) is 44.6 Å². The number of hydrogen-bond acceptors (Lipinski definition) is 7. The van der Waals surface area contributed by atoms with E-state index in [1.54, 1.807) is 30.0 Å². The van der Waals surface area contributed by atoms with E-state index in [0.717, 1.165) is 12.1 Å². The Morgan fingerprint density at radius 2 is 2.17 bits per heavy atom. The zero-order chi connectivity index (χ0) is 21.7. The van der Waals surface area contributed by atoms with Crippen LogP contribution in [0.4, 0.5) is 0 Å². The van der Waals surface area contributed by atoms with E-state index < -0.39 is 10.0 Å². The maximum Gasteiger partial charge on any atom is 0.243 e. The van der Waals surface area contributed by atoms with E-state index in [2.05, 4.69) is 15.6 Å². The lowest BCUT2D eigenvalue weighted by atomic mass is 9.99. The smallest absolute Gasteiger partial charge is 0.243 e. The molecule has 0 unspecified atom stereocenters. The van der Waals surface area contributed by atoms with Gasteiger partial charge in [-0.15, -0.1) is 5.10 Å². The first-order chi connectivity index (χ1) is 14.3. The van der Waals surface area contributed by atoms with E-state index in [1.165, 1.54) is 4.31 Å². The molecular weight excluding hydrogens is 408 g/mol. The molecule has 0 bridgehead atoms. The summed E-state index contributed by atoms with van der Waals surface area (Å²) in [4.78, 5) is 14.6. The topological polar surface area (TPSA) is 110 Å². The summed E-state index contributed by atoms with van der Waals surface area (Å²) in [6.07, 6.45) is 1.34. The van der Waals surface area contributed by atoms with Gasteiger partial charge in [-0.2, -0.15) is 4.31 Å². The highest BCUT2D eigenvalue weighted by Crippen LogP contribution is 2.25. The van der Waals surface area contributed by atoms with Crippen molar-refractivity contribution in [2.75, 3.05) is 54.0 Å². The van der Waals surface area contributed by atoms with Gasteiger partial charge in [0.2, 0.25) is 15.9 Å². The Morgan fingerprint density at radius 1 is 1.37 bits per heavy atom. The third-order valence-electron chi connectivity index (χ3n) is 5.24. The first-order valence-electron chi connectivity index (χ1n) is 10.1. The quantitative estimate of drug-likeness (QED) is 0.594. The van der Waals surface area contributed by atoms with Crippen molar-refractivity contribution in [2.24, 2.45) is 5.92 Å². The zero-order valence-electron chi connectivity index (χ0n) is 17.7. The van der Waals surface area contributed by atoms with Gasteiger partial charge in [0, 0.05) is 33.3 Å². The van der Waals surface area contributed by atoms with Gasteiger partial charge in [-0.3, -0.25) is 4.79 Å². The van der Waals surface area contributed by atoms with Gasteiger partial charge in [0.05, 0.1) is 29.5 Å². The Balaban J connectivity index is 1.72. The van der Waals surface area contributed by atoms with E-state index in [1.807, 2.05) is 19.0 Å². The van der Waals surface area contributed by atoms with Gasteiger partial charge in [0.1, 0.15) is 5.52 Å². The SMILES string of the molecule is COCCn1nnc2cc(S(=O)(=O)N3CCC[C@@H](C(=O)NCCN(C)C)C3)ccc21. The first-order valence-corrected chi connectivity index (χ1v) is 11.5. The number of benzene rings is 1. The predicted octanol–water partition coefficient (Wildman–Crippen LogP) is 0.156. The highest BCUT2D eigenvalue weighted by molar-refractivity contribution is 7.89. The molecule has 1 aromatic carbocycles. The molecule has 1 aliphatic heterocycles. The number of likely N-dealkylation sites (N-methyl/N-ethyl adjacent to an activating group) is 1. The Morgan fingerprint density at radius 3 is 2.90 bits per heavy atom. The maximum absolute atomic E-state index is 13.2. The Labute approximate surface area is 177 Å². The monoisotopic (exact) mass is 438 g/mol. The van der Waals surface area contributed by atoms with Gasteiger partial charge in [-0.05, 0) is 45.1 Å². The van der Waals surface area contributed by atoms with Crippen LogP contribution < -0.4 is 5.32 Å². The normalized spacial score (nSPS) is 18.2. The summed E-state index contributed by atoms with van der Waals surface area (Å²) in [7, 11) is 1.77. The second-order valence-electron chi connectivity index (χ2n) is 7.75. The molecule has 2 heterocycles. The van der Waals surface area contributed by atoms with Gasteiger partial charge >= 0.3 is 0 Å². The van der Waals surface area contributed by atoms with Crippen LogP contribution in [0.2, 0.25) is 0 Å². The molecule has 2 aromatic rings. The third-order valence-corrected chi connectivity index (χ3v) is 7.10. The van der Waals surface area contributed by atoms with Crippen LogP contribution in [0.1, 0.15) is 12.8 Å². The second kappa shape index (κ2) is 9.82. The van der Waals surface area contributed by atoms with Crippen molar-refractivity contribution in [3.05, 3.63) is 18.2 Å². The number of ether oxygens (including phenoxy) is 1. The lowest BCUT2D eigenvalue weighted by Crippen LogP contribution is -2.46. The molecule has 0 saturated carbocycles. The number of aromatic nitrogens is 3. The number of rotatable bonds is 9. The minimum Gasteiger partial charge on any atom is -0.383 e. The van der Waals surface area contributed by atoms with Gasteiger partial charge < -0.3 is 15.0 Å². The summed E-state index contributed by atoms with van der Waals surface area (Å²) in [6.45, 7) is 2.91. The van der Waals surface area contributed by atoms with Crippen LogP contribution in [0.5, 0.6) is 0 Å².